The number of ether oxygens (including phenoxy) is 1. The number of hydrogen-bond donors (Lipinski definition) is 2. The Kier molecular flexibility index (Phi) is 7.85. The molecule has 3 aromatic rings. The zero-order chi connectivity index (χ0) is 22.9. The predicted octanol–water partition coefficient (Wildman–Crippen LogP) is 3.94. The molecule has 0 spiro atoms. The molecule has 0 aliphatic carbocycles. The molecule has 164 valence electrons. The van der Waals surface area contributed by atoms with E-state index in [1.165, 1.54) is 31.3 Å². The van der Waals surface area contributed by atoms with Crippen molar-refractivity contribution >= 4 is 35.1 Å². The number of amides is 4. The number of nitrogens with one attached hydrogen (secondary N) is 2. The summed E-state index contributed by atoms with van der Waals surface area (Å²) in [7, 11) is 1.30. The minimum absolute atomic E-state index is 0.0481. The van der Waals surface area contributed by atoms with E-state index in [0.29, 0.717) is 16.1 Å². The molecule has 3 aromatic carbocycles. The van der Waals surface area contributed by atoms with Gasteiger partial charge in [0, 0.05) is 18.3 Å². The second kappa shape index (κ2) is 11.0. The molecular formula is C23H21N3O5S. The first-order valence-electron chi connectivity index (χ1n) is 9.57. The van der Waals surface area contributed by atoms with Gasteiger partial charge in [0.1, 0.15) is 18.0 Å². The Morgan fingerprint density at radius 3 is 2.12 bits per heavy atom. The van der Waals surface area contributed by atoms with E-state index in [2.05, 4.69) is 10.0 Å². The molecule has 0 bridgehead atoms. The third-order valence-corrected chi connectivity index (χ3v) is 5.40. The lowest BCUT2D eigenvalue weighted by molar-refractivity contribution is 0.0980. The quantitative estimate of drug-likeness (QED) is 0.552. The molecular weight excluding hydrogens is 430 g/mol. The van der Waals surface area contributed by atoms with Crippen LogP contribution in [0.3, 0.4) is 0 Å². The minimum atomic E-state index is -1.77. The maximum atomic E-state index is 12.4. The number of urea groups is 1. The van der Waals surface area contributed by atoms with Crippen molar-refractivity contribution < 1.29 is 23.7 Å². The standard InChI is InChI=1S/C23H21N3O5S/c1-26(23(29)31-16-17-8-4-2-5-9-17)22(28)24-19-12-14-20(15-13-19)32(30)25-21(27)18-10-6-3-7-11-18/h2-15H,16H2,1H3,(H,24,28)(H,25,27). The van der Waals surface area contributed by atoms with Gasteiger partial charge >= 0.3 is 12.1 Å². The number of carbonyl (C=O) groups excluding carboxylic acids is 3. The van der Waals surface area contributed by atoms with E-state index < -0.39 is 29.4 Å². The van der Waals surface area contributed by atoms with Crippen molar-refractivity contribution in [2.24, 2.45) is 0 Å². The molecule has 3 rings (SSSR count). The van der Waals surface area contributed by atoms with E-state index in [0.717, 1.165) is 10.5 Å². The second-order valence-electron chi connectivity index (χ2n) is 6.62. The van der Waals surface area contributed by atoms with Crippen LogP contribution in [0.15, 0.2) is 89.8 Å². The number of nitrogens with zero attached hydrogens (tertiary/aromatic N) is 1. The van der Waals surface area contributed by atoms with E-state index in [-0.39, 0.29) is 6.61 Å². The Bertz CT molecular complexity index is 1060. The van der Waals surface area contributed by atoms with Crippen molar-refractivity contribution in [3.05, 3.63) is 96.1 Å². The molecule has 0 fully saturated rings. The lowest BCUT2D eigenvalue weighted by atomic mass is 10.2. The Morgan fingerprint density at radius 2 is 1.50 bits per heavy atom. The molecule has 4 amide bonds. The van der Waals surface area contributed by atoms with Crippen LogP contribution in [0.25, 0.3) is 0 Å². The van der Waals surface area contributed by atoms with Crippen LogP contribution in [-0.4, -0.2) is 34.5 Å². The summed E-state index contributed by atoms with van der Waals surface area (Å²) in [6.45, 7) is 0.0481. The van der Waals surface area contributed by atoms with Crippen LogP contribution in [0.5, 0.6) is 0 Å². The lowest BCUT2D eigenvalue weighted by Crippen LogP contribution is -2.37. The normalized spacial score (nSPS) is 11.2. The SMILES string of the molecule is CN(C(=O)Nc1ccc([S+]([O-])NC(=O)c2ccccc2)cc1)C(=O)OCc1ccccc1. The number of benzene rings is 3. The fraction of sp³-hybridized carbons (Fsp3) is 0.0870. The first kappa shape index (κ1) is 22.9. The molecule has 0 aliphatic heterocycles. The fourth-order valence-corrected chi connectivity index (χ4v) is 3.35. The first-order chi connectivity index (χ1) is 15.4. The molecule has 0 aromatic heterocycles. The Balaban J connectivity index is 1.51. The van der Waals surface area contributed by atoms with Gasteiger partial charge in [-0.2, -0.15) is 4.72 Å². The number of hydrogen-bond acceptors (Lipinski definition) is 5. The maximum absolute atomic E-state index is 12.4. The van der Waals surface area contributed by atoms with Crippen LogP contribution in [0.2, 0.25) is 0 Å². The fourth-order valence-electron chi connectivity index (χ4n) is 2.56. The van der Waals surface area contributed by atoms with Crippen LogP contribution in [-0.2, 0) is 22.7 Å². The Labute approximate surface area is 188 Å². The minimum Gasteiger partial charge on any atom is -0.588 e. The van der Waals surface area contributed by atoms with Gasteiger partial charge in [-0.1, -0.05) is 48.5 Å². The largest absolute Gasteiger partial charge is 0.588 e. The van der Waals surface area contributed by atoms with Crippen LogP contribution < -0.4 is 10.0 Å². The van der Waals surface area contributed by atoms with Crippen LogP contribution >= 0.6 is 0 Å². The molecule has 0 aliphatic rings. The second-order valence-corrected chi connectivity index (χ2v) is 7.83. The highest BCUT2D eigenvalue weighted by Crippen LogP contribution is 2.15. The van der Waals surface area contributed by atoms with Crippen molar-refractivity contribution in [1.29, 1.82) is 0 Å². The number of carbonyl (C=O) groups is 3. The molecule has 0 radical (unpaired) electrons. The number of anilines is 1. The predicted molar refractivity (Wildman–Crippen MR) is 120 cm³/mol. The smallest absolute Gasteiger partial charge is 0.418 e. The van der Waals surface area contributed by atoms with Gasteiger partial charge in [-0.3, -0.25) is 4.79 Å². The van der Waals surface area contributed by atoms with Crippen molar-refractivity contribution in [2.45, 2.75) is 11.5 Å². The highest BCUT2D eigenvalue weighted by Gasteiger charge is 2.20. The highest BCUT2D eigenvalue weighted by atomic mass is 32.2. The van der Waals surface area contributed by atoms with E-state index in [1.807, 2.05) is 18.2 Å². The molecule has 2 N–H and O–H groups in total. The molecule has 32 heavy (non-hydrogen) atoms. The Morgan fingerprint density at radius 1 is 0.906 bits per heavy atom. The summed E-state index contributed by atoms with van der Waals surface area (Å²) in [5.74, 6) is -0.461. The van der Waals surface area contributed by atoms with Crippen LogP contribution in [0.4, 0.5) is 15.3 Å². The van der Waals surface area contributed by atoms with Gasteiger partial charge in [0.05, 0.1) is 0 Å². The van der Waals surface area contributed by atoms with Gasteiger partial charge < -0.3 is 14.6 Å². The highest BCUT2D eigenvalue weighted by molar-refractivity contribution is 7.90. The van der Waals surface area contributed by atoms with Crippen molar-refractivity contribution in [2.75, 3.05) is 12.4 Å². The molecule has 1 atom stereocenters. The molecule has 0 saturated carbocycles. The molecule has 0 heterocycles. The molecule has 9 heteroatoms. The first-order valence-corrected chi connectivity index (χ1v) is 10.7. The van der Waals surface area contributed by atoms with Crippen LogP contribution in [0, 0.1) is 0 Å². The summed E-state index contributed by atoms with van der Waals surface area (Å²) in [6.07, 6.45) is -0.798. The zero-order valence-electron chi connectivity index (χ0n) is 17.2. The van der Waals surface area contributed by atoms with Crippen LogP contribution in [0.1, 0.15) is 15.9 Å². The van der Waals surface area contributed by atoms with Gasteiger partial charge in [-0.15, -0.1) is 0 Å². The average molecular weight is 452 g/mol. The Hall–Kier alpha value is -3.82. The van der Waals surface area contributed by atoms with Crippen molar-refractivity contribution in [3.63, 3.8) is 0 Å². The summed E-state index contributed by atoms with van der Waals surface area (Å²) < 4.78 is 19.9. The van der Waals surface area contributed by atoms with Gasteiger partial charge in [-0.25, -0.2) is 14.5 Å². The third-order valence-electron chi connectivity index (χ3n) is 4.32. The lowest BCUT2D eigenvalue weighted by Gasteiger charge is -2.16. The summed E-state index contributed by atoms with van der Waals surface area (Å²) in [5, 5.41) is 2.55. The third kappa shape index (κ3) is 6.34. The topological polar surface area (TPSA) is 111 Å². The van der Waals surface area contributed by atoms with Crippen molar-refractivity contribution in [1.82, 2.24) is 9.62 Å². The molecule has 0 saturated heterocycles. The summed E-state index contributed by atoms with van der Waals surface area (Å²) in [4.78, 5) is 37.6. The summed E-state index contributed by atoms with van der Waals surface area (Å²) in [5.41, 5.74) is 1.58. The van der Waals surface area contributed by atoms with E-state index in [4.69, 9.17) is 4.74 Å². The van der Waals surface area contributed by atoms with Crippen molar-refractivity contribution in [3.8, 4) is 0 Å². The van der Waals surface area contributed by atoms with Gasteiger partial charge in [0.25, 0.3) is 5.91 Å². The molecule has 1 unspecified atom stereocenters. The van der Waals surface area contributed by atoms with E-state index in [1.54, 1.807) is 42.5 Å². The average Bonchev–Trinajstić information content (AvgIpc) is 2.83. The molecule has 8 nitrogen and oxygen atoms in total. The van der Waals surface area contributed by atoms with Gasteiger partial charge in [0.2, 0.25) is 0 Å². The van der Waals surface area contributed by atoms with Gasteiger partial charge in [-0.05, 0) is 42.0 Å². The van der Waals surface area contributed by atoms with E-state index in [9.17, 15) is 18.9 Å². The summed E-state index contributed by atoms with van der Waals surface area (Å²) in [6, 6.07) is 22.9. The number of imide groups is 1. The number of rotatable bonds is 6. The zero-order valence-corrected chi connectivity index (χ0v) is 18.0. The monoisotopic (exact) mass is 451 g/mol. The van der Waals surface area contributed by atoms with E-state index >= 15 is 0 Å². The summed E-state index contributed by atoms with van der Waals surface area (Å²) >= 11 is -1.77. The maximum Gasteiger partial charge on any atom is 0.418 e. The van der Waals surface area contributed by atoms with Gasteiger partial charge in [0.15, 0.2) is 4.90 Å².